The fourth-order valence-electron chi connectivity index (χ4n) is 7.18. The van der Waals surface area contributed by atoms with Gasteiger partial charge in [-0.2, -0.15) is 0 Å². The topological polar surface area (TPSA) is 155 Å². The molecule has 0 heterocycles. The molecular formula is C56H99O11P. The molecule has 0 amide bonds. The predicted molar refractivity (Wildman–Crippen MR) is 279 cm³/mol. The van der Waals surface area contributed by atoms with Crippen molar-refractivity contribution < 1.29 is 52.2 Å². The van der Waals surface area contributed by atoms with Crippen LogP contribution in [-0.2, 0) is 42.2 Å². The minimum atomic E-state index is -4.75. The van der Waals surface area contributed by atoms with Gasteiger partial charge in [0.05, 0.1) is 19.8 Å². The molecule has 0 spiro atoms. The Morgan fingerprint density at radius 3 is 1.19 bits per heavy atom. The summed E-state index contributed by atoms with van der Waals surface area (Å²) in [6, 6.07) is 0. The maximum atomic E-state index is 12.9. The van der Waals surface area contributed by atoms with Crippen LogP contribution in [0.3, 0.4) is 0 Å². The molecular weight excluding hydrogens is 880 g/mol. The third-order valence-corrected chi connectivity index (χ3v) is 12.3. The van der Waals surface area contributed by atoms with E-state index >= 15 is 0 Å². The summed E-state index contributed by atoms with van der Waals surface area (Å²) in [5, 5.41) is 9.78. The number of hydrogen-bond acceptors (Lipinski definition) is 10. The molecule has 2 N–H and O–H groups in total. The molecule has 0 aromatic heterocycles. The molecule has 0 bridgehead atoms. The quantitative estimate of drug-likeness (QED) is 0.0197. The van der Waals surface area contributed by atoms with Crippen molar-refractivity contribution in [2.75, 3.05) is 26.4 Å². The Hall–Kier alpha value is -2.82. The Bertz CT molecular complexity index is 1370. The van der Waals surface area contributed by atoms with Crippen LogP contribution in [0.1, 0.15) is 239 Å². The molecule has 0 aliphatic rings. The van der Waals surface area contributed by atoms with Crippen LogP contribution in [-0.4, -0.2) is 66.5 Å². The first-order valence-corrected chi connectivity index (χ1v) is 28.7. The van der Waals surface area contributed by atoms with Crippen molar-refractivity contribution >= 4 is 25.7 Å². The average Bonchev–Trinajstić information content (AvgIpc) is 3.32. The van der Waals surface area contributed by atoms with E-state index in [1.54, 1.807) is 0 Å². The highest BCUT2D eigenvalue weighted by molar-refractivity contribution is 7.47. The number of aliphatic hydroxyl groups excluding tert-OH is 1. The maximum absolute atomic E-state index is 12.9. The molecule has 3 atom stereocenters. The zero-order valence-electron chi connectivity index (χ0n) is 43.3. The van der Waals surface area contributed by atoms with Crippen LogP contribution in [0.5, 0.6) is 0 Å². The van der Waals surface area contributed by atoms with Crippen LogP contribution >= 0.6 is 7.82 Å². The van der Waals surface area contributed by atoms with Gasteiger partial charge in [-0.25, -0.2) is 4.57 Å². The van der Waals surface area contributed by atoms with Gasteiger partial charge in [0.15, 0.2) is 6.10 Å². The Morgan fingerprint density at radius 2 is 0.750 bits per heavy atom. The van der Waals surface area contributed by atoms with E-state index in [9.17, 15) is 28.9 Å². The van der Waals surface area contributed by atoms with Crippen molar-refractivity contribution in [1.82, 2.24) is 0 Å². The number of aliphatic hydroxyl groups is 1. The zero-order valence-corrected chi connectivity index (χ0v) is 44.2. The van der Waals surface area contributed by atoms with E-state index in [4.69, 9.17) is 23.3 Å². The largest absolute Gasteiger partial charge is 0.472 e. The summed E-state index contributed by atoms with van der Waals surface area (Å²) in [5.74, 6) is -1.50. The molecule has 0 saturated carbocycles. The molecule has 0 aliphatic heterocycles. The first-order chi connectivity index (χ1) is 33.2. The van der Waals surface area contributed by atoms with Crippen LogP contribution in [0, 0.1) is 0 Å². The molecule has 0 aromatic rings. The normalized spacial score (nSPS) is 13.9. The number of esters is 3. The van der Waals surface area contributed by atoms with E-state index in [-0.39, 0.29) is 25.9 Å². The van der Waals surface area contributed by atoms with Crippen LogP contribution in [0.25, 0.3) is 0 Å². The highest BCUT2D eigenvalue weighted by atomic mass is 31.2. The van der Waals surface area contributed by atoms with Crippen LogP contribution in [0.4, 0.5) is 0 Å². The van der Waals surface area contributed by atoms with Gasteiger partial charge in [-0.15, -0.1) is 0 Å². The summed E-state index contributed by atoms with van der Waals surface area (Å²) >= 11 is 0. The van der Waals surface area contributed by atoms with Gasteiger partial charge >= 0.3 is 25.7 Å². The van der Waals surface area contributed by atoms with Crippen LogP contribution in [0.15, 0.2) is 60.8 Å². The zero-order chi connectivity index (χ0) is 49.9. The van der Waals surface area contributed by atoms with Gasteiger partial charge in [0.25, 0.3) is 0 Å². The summed E-state index contributed by atoms with van der Waals surface area (Å²) < 4.78 is 39.4. The number of rotatable bonds is 50. The van der Waals surface area contributed by atoms with Gasteiger partial charge in [0.1, 0.15) is 12.7 Å². The minimum Gasteiger partial charge on any atom is -0.462 e. The number of unbranched alkanes of at least 4 members (excludes halogenated alkanes) is 23. The fourth-order valence-corrected chi connectivity index (χ4v) is 7.97. The second-order valence-electron chi connectivity index (χ2n) is 18.0. The van der Waals surface area contributed by atoms with Gasteiger partial charge in [0, 0.05) is 19.3 Å². The number of allylic oxidation sites excluding steroid dienone is 10. The number of carbonyl (C=O) groups excluding carboxylic acids is 3. The molecule has 0 aromatic carbocycles. The molecule has 0 fully saturated rings. The van der Waals surface area contributed by atoms with Crippen molar-refractivity contribution in [1.29, 1.82) is 0 Å². The van der Waals surface area contributed by atoms with Gasteiger partial charge < -0.3 is 24.2 Å². The Morgan fingerprint density at radius 1 is 0.412 bits per heavy atom. The van der Waals surface area contributed by atoms with Gasteiger partial charge in [-0.3, -0.25) is 23.4 Å². The lowest BCUT2D eigenvalue weighted by molar-refractivity contribution is -0.161. The Labute approximate surface area is 415 Å². The van der Waals surface area contributed by atoms with E-state index in [0.717, 1.165) is 128 Å². The van der Waals surface area contributed by atoms with Crippen LogP contribution in [0.2, 0.25) is 0 Å². The van der Waals surface area contributed by atoms with E-state index in [1.807, 2.05) is 0 Å². The smallest absolute Gasteiger partial charge is 0.462 e. The first kappa shape index (κ1) is 65.2. The number of hydrogen-bond donors (Lipinski definition) is 2. The average molecular weight is 979 g/mol. The first-order valence-electron chi connectivity index (χ1n) is 27.2. The van der Waals surface area contributed by atoms with Crippen molar-refractivity contribution in [3.8, 4) is 0 Å². The van der Waals surface area contributed by atoms with E-state index in [1.165, 1.54) is 51.4 Å². The maximum Gasteiger partial charge on any atom is 0.472 e. The summed E-state index contributed by atoms with van der Waals surface area (Å²) in [6.07, 6.45) is 53.2. The monoisotopic (exact) mass is 979 g/mol. The van der Waals surface area contributed by atoms with E-state index in [0.29, 0.717) is 19.3 Å². The van der Waals surface area contributed by atoms with Gasteiger partial charge in [-0.05, 0) is 103 Å². The van der Waals surface area contributed by atoms with Gasteiger partial charge in [0.2, 0.25) is 0 Å². The van der Waals surface area contributed by atoms with E-state index in [2.05, 4.69) is 81.5 Å². The van der Waals surface area contributed by atoms with E-state index < -0.39 is 57.8 Å². The standard InChI is InChI=1S/C56H99O11P/c1-4-7-10-13-16-19-22-25-26-29-32-35-38-41-44-47-56(60)67-53(49-63-54(58)45-42-39-36-33-30-27-23-20-17-14-11-8-5-2)51-65-68(61,62)64-50-52(48-57)66-55(59)46-43-40-37-34-31-28-24-21-18-15-12-9-6-3/h12,15-16,19-21,23-26,52-53,57H,4-11,13-14,17-18,22,27-51H2,1-3H3,(H,61,62)/b15-12-,19-16-,23-20-,24-21-,26-25-. The Balaban J connectivity index is 4.77. The molecule has 0 radical (unpaired) electrons. The lowest BCUT2D eigenvalue weighted by atomic mass is 10.1. The van der Waals surface area contributed by atoms with Gasteiger partial charge in [-0.1, -0.05) is 178 Å². The summed E-state index contributed by atoms with van der Waals surface area (Å²) in [5.41, 5.74) is 0. The number of ether oxygens (including phenoxy) is 3. The summed E-state index contributed by atoms with van der Waals surface area (Å²) in [7, 11) is -4.75. The van der Waals surface area contributed by atoms with Crippen molar-refractivity contribution in [2.45, 2.75) is 251 Å². The minimum absolute atomic E-state index is 0.148. The van der Waals surface area contributed by atoms with Crippen molar-refractivity contribution in [2.24, 2.45) is 0 Å². The molecule has 3 unspecified atom stereocenters. The third kappa shape index (κ3) is 48.2. The lowest BCUT2D eigenvalue weighted by Crippen LogP contribution is -2.30. The number of carbonyl (C=O) groups is 3. The summed E-state index contributed by atoms with van der Waals surface area (Å²) in [6.45, 7) is 4.49. The Kier molecular flexibility index (Phi) is 48.5. The van der Waals surface area contributed by atoms with Crippen molar-refractivity contribution in [3.63, 3.8) is 0 Å². The highest BCUT2D eigenvalue weighted by Gasteiger charge is 2.28. The second kappa shape index (κ2) is 50.6. The lowest BCUT2D eigenvalue weighted by Gasteiger charge is -2.21. The molecule has 11 nitrogen and oxygen atoms in total. The van der Waals surface area contributed by atoms with Crippen molar-refractivity contribution in [3.05, 3.63) is 60.8 Å². The predicted octanol–water partition coefficient (Wildman–Crippen LogP) is 15.6. The number of phosphoric ester groups is 1. The molecule has 0 rings (SSSR count). The number of phosphoric acid groups is 1. The molecule has 394 valence electrons. The molecule has 0 saturated heterocycles. The third-order valence-electron chi connectivity index (χ3n) is 11.4. The van der Waals surface area contributed by atoms with Crippen LogP contribution < -0.4 is 0 Å². The molecule has 68 heavy (non-hydrogen) atoms. The highest BCUT2D eigenvalue weighted by Crippen LogP contribution is 2.43. The summed E-state index contributed by atoms with van der Waals surface area (Å²) in [4.78, 5) is 48.4. The fraction of sp³-hybridized carbons (Fsp3) is 0.768. The molecule has 12 heteroatoms. The SMILES string of the molecule is CCC/C=C\C/C=C\CCCCCCCC(=O)OC(CO)COP(=O)(O)OCC(COC(=O)CCCCCCC/C=C\CCCCCC)OC(=O)CCCCCCC/C=C\C/C=C\CCCCC. The second-order valence-corrected chi connectivity index (χ2v) is 19.5. The molecule has 0 aliphatic carbocycles.